The Hall–Kier alpha value is -2.82. The third kappa shape index (κ3) is 3.82. The molecule has 0 unspecified atom stereocenters. The summed E-state index contributed by atoms with van der Waals surface area (Å²) in [6, 6.07) is 9.74. The van der Waals surface area contributed by atoms with Crippen LogP contribution in [0.25, 0.3) is 11.2 Å². The Balaban J connectivity index is 1.60. The number of H-pyrrole nitrogens is 1. The number of ether oxygens (including phenoxy) is 2. The van der Waals surface area contributed by atoms with Gasteiger partial charge in [0.1, 0.15) is 19.0 Å². The van der Waals surface area contributed by atoms with Crippen LogP contribution in [0.1, 0.15) is 6.42 Å². The molecule has 27 heavy (non-hydrogen) atoms. The molecular formula is C19H18ClN5O2. The Bertz CT molecular complexity index is 956. The Morgan fingerprint density at radius 1 is 1.30 bits per heavy atom. The molecule has 0 radical (unpaired) electrons. The zero-order valence-electron chi connectivity index (χ0n) is 14.5. The van der Waals surface area contributed by atoms with Gasteiger partial charge in [-0.15, -0.1) is 6.42 Å². The number of nitrogens with one attached hydrogen (secondary N) is 1. The standard InChI is InChI=1S/C19H18ClN5O2/c1-2-8-26-15-9-13(11-27-14-6-4-3-5-7-14)25(10-15)18-16-17(22-12-21-16)23-19(20)24-18/h1,3-7,12-13,15H,8-11H2,(H,21,22,23,24)/t13-,15+/m1/s1. The molecule has 0 bridgehead atoms. The normalized spacial score (nSPS) is 19.3. The van der Waals surface area contributed by atoms with E-state index < -0.39 is 0 Å². The number of rotatable bonds is 6. The molecule has 138 valence electrons. The van der Waals surface area contributed by atoms with E-state index in [1.807, 2.05) is 30.3 Å². The molecule has 2 atom stereocenters. The molecule has 0 spiro atoms. The number of hydrogen-bond donors (Lipinski definition) is 1. The lowest BCUT2D eigenvalue weighted by Crippen LogP contribution is -2.35. The number of fused-ring (bicyclic) bond motifs is 1. The van der Waals surface area contributed by atoms with Gasteiger partial charge in [-0.05, 0) is 30.2 Å². The quantitative estimate of drug-likeness (QED) is 0.521. The van der Waals surface area contributed by atoms with E-state index in [9.17, 15) is 0 Å². The fraction of sp³-hybridized carbons (Fsp3) is 0.316. The first-order valence-corrected chi connectivity index (χ1v) is 8.98. The van der Waals surface area contributed by atoms with Crippen LogP contribution >= 0.6 is 11.6 Å². The van der Waals surface area contributed by atoms with Crippen LogP contribution in [0.3, 0.4) is 0 Å². The Kier molecular flexibility index (Phi) is 5.10. The Morgan fingerprint density at radius 3 is 2.96 bits per heavy atom. The van der Waals surface area contributed by atoms with E-state index in [4.69, 9.17) is 27.5 Å². The minimum atomic E-state index is -0.0202. The number of nitrogens with zero attached hydrogens (tertiary/aromatic N) is 4. The van der Waals surface area contributed by atoms with E-state index in [0.717, 1.165) is 12.2 Å². The van der Waals surface area contributed by atoms with Gasteiger partial charge >= 0.3 is 0 Å². The second-order valence-corrected chi connectivity index (χ2v) is 6.56. The molecule has 2 aromatic heterocycles. The van der Waals surface area contributed by atoms with Gasteiger partial charge < -0.3 is 19.4 Å². The molecule has 8 heteroatoms. The van der Waals surface area contributed by atoms with Gasteiger partial charge in [0.15, 0.2) is 17.0 Å². The average molecular weight is 384 g/mol. The number of aromatic nitrogens is 4. The number of anilines is 1. The van der Waals surface area contributed by atoms with Crippen molar-refractivity contribution in [1.29, 1.82) is 0 Å². The summed E-state index contributed by atoms with van der Waals surface area (Å²) in [5.74, 6) is 4.00. The summed E-state index contributed by atoms with van der Waals surface area (Å²) in [5, 5.41) is 0.164. The molecule has 0 saturated carbocycles. The van der Waals surface area contributed by atoms with Crippen LogP contribution in [0.5, 0.6) is 5.75 Å². The first-order chi connectivity index (χ1) is 13.2. The van der Waals surface area contributed by atoms with Gasteiger partial charge in [-0.1, -0.05) is 24.1 Å². The van der Waals surface area contributed by atoms with Crippen molar-refractivity contribution in [1.82, 2.24) is 19.9 Å². The third-order valence-corrected chi connectivity index (χ3v) is 4.64. The van der Waals surface area contributed by atoms with E-state index >= 15 is 0 Å². The lowest BCUT2D eigenvalue weighted by molar-refractivity contribution is 0.0903. The molecular weight excluding hydrogens is 366 g/mol. The van der Waals surface area contributed by atoms with Gasteiger partial charge in [-0.2, -0.15) is 9.97 Å². The van der Waals surface area contributed by atoms with Crippen molar-refractivity contribution in [2.45, 2.75) is 18.6 Å². The van der Waals surface area contributed by atoms with Crippen molar-refractivity contribution in [2.24, 2.45) is 0 Å². The van der Waals surface area contributed by atoms with Crippen LogP contribution < -0.4 is 9.64 Å². The first-order valence-electron chi connectivity index (χ1n) is 8.61. The minimum Gasteiger partial charge on any atom is -0.491 e. The second kappa shape index (κ2) is 7.82. The molecule has 1 aliphatic rings. The molecule has 1 aromatic carbocycles. The molecule has 1 N–H and O–H groups in total. The van der Waals surface area contributed by atoms with Gasteiger partial charge in [-0.25, -0.2) is 4.98 Å². The highest BCUT2D eigenvalue weighted by Gasteiger charge is 2.35. The molecule has 1 fully saturated rings. The summed E-state index contributed by atoms with van der Waals surface area (Å²) in [7, 11) is 0. The average Bonchev–Trinajstić information content (AvgIpc) is 3.31. The molecule has 0 aliphatic carbocycles. The van der Waals surface area contributed by atoms with Crippen molar-refractivity contribution in [2.75, 3.05) is 24.7 Å². The van der Waals surface area contributed by atoms with Crippen LogP contribution in [0.4, 0.5) is 5.82 Å². The summed E-state index contributed by atoms with van der Waals surface area (Å²) in [4.78, 5) is 18.0. The van der Waals surface area contributed by atoms with Crippen LogP contribution in [-0.2, 0) is 4.74 Å². The predicted molar refractivity (Wildman–Crippen MR) is 103 cm³/mol. The topological polar surface area (TPSA) is 76.2 Å². The smallest absolute Gasteiger partial charge is 0.226 e. The summed E-state index contributed by atoms with van der Waals surface area (Å²) in [6.45, 7) is 1.38. The number of aromatic amines is 1. The number of benzene rings is 1. The van der Waals surface area contributed by atoms with Crippen LogP contribution in [-0.4, -0.2) is 51.8 Å². The lowest BCUT2D eigenvalue weighted by Gasteiger charge is -2.25. The van der Waals surface area contributed by atoms with Gasteiger partial charge in [-0.3, -0.25) is 0 Å². The molecule has 0 amide bonds. The van der Waals surface area contributed by atoms with E-state index in [1.165, 1.54) is 0 Å². The Labute approximate surface area is 161 Å². The highest BCUT2D eigenvalue weighted by Crippen LogP contribution is 2.31. The largest absolute Gasteiger partial charge is 0.491 e. The van der Waals surface area contributed by atoms with Gasteiger partial charge in [0.25, 0.3) is 0 Å². The molecule has 3 heterocycles. The second-order valence-electron chi connectivity index (χ2n) is 6.22. The predicted octanol–water partition coefficient (Wildman–Crippen LogP) is 2.68. The summed E-state index contributed by atoms with van der Waals surface area (Å²) in [5.41, 5.74) is 1.27. The number of halogens is 1. The highest BCUT2D eigenvalue weighted by molar-refractivity contribution is 6.28. The van der Waals surface area contributed by atoms with Crippen LogP contribution in [0.15, 0.2) is 36.7 Å². The first kappa shape index (κ1) is 17.6. The maximum atomic E-state index is 6.11. The van der Waals surface area contributed by atoms with Crippen LogP contribution in [0, 0.1) is 12.3 Å². The number of para-hydroxylation sites is 1. The fourth-order valence-electron chi connectivity index (χ4n) is 3.28. The lowest BCUT2D eigenvalue weighted by atomic mass is 10.2. The SMILES string of the molecule is C#CCO[C@H]1C[C@H](COc2ccccc2)N(c2nc(Cl)nc3[nH]cnc23)C1. The minimum absolute atomic E-state index is 0.0202. The fourth-order valence-corrected chi connectivity index (χ4v) is 3.45. The number of hydrogen-bond acceptors (Lipinski definition) is 6. The van der Waals surface area contributed by atoms with Crippen LogP contribution in [0.2, 0.25) is 5.28 Å². The van der Waals surface area contributed by atoms with Crippen molar-refractivity contribution in [3.63, 3.8) is 0 Å². The van der Waals surface area contributed by atoms with Crippen molar-refractivity contribution < 1.29 is 9.47 Å². The molecule has 7 nitrogen and oxygen atoms in total. The summed E-state index contributed by atoms with van der Waals surface area (Å²) >= 11 is 6.11. The third-order valence-electron chi connectivity index (χ3n) is 4.47. The van der Waals surface area contributed by atoms with E-state index in [1.54, 1.807) is 6.33 Å². The molecule has 3 aromatic rings. The number of imidazole rings is 1. The summed E-state index contributed by atoms with van der Waals surface area (Å²) in [6.07, 6.45) is 7.66. The molecule has 1 aliphatic heterocycles. The van der Waals surface area contributed by atoms with Crippen molar-refractivity contribution in [3.05, 3.63) is 41.9 Å². The zero-order valence-corrected chi connectivity index (χ0v) is 15.3. The Morgan fingerprint density at radius 2 is 2.15 bits per heavy atom. The van der Waals surface area contributed by atoms with Gasteiger partial charge in [0.2, 0.25) is 5.28 Å². The van der Waals surface area contributed by atoms with Gasteiger partial charge in [0, 0.05) is 6.54 Å². The van der Waals surface area contributed by atoms with E-state index in [-0.39, 0.29) is 24.0 Å². The van der Waals surface area contributed by atoms with Gasteiger partial charge in [0.05, 0.1) is 18.5 Å². The maximum absolute atomic E-state index is 6.11. The molecule has 1 saturated heterocycles. The van der Waals surface area contributed by atoms with Crippen molar-refractivity contribution in [3.8, 4) is 18.1 Å². The highest BCUT2D eigenvalue weighted by atomic mass is 35.5. The van der Waals surface area contributed by atoms with Crippen molar-refractivity contribution >= 4 is 28.6 Å². The maximum Gasteiger partial charge on any atom is 0.226 e. The van der Waals surface area contributed by atoms with E-state index in [0.29, 0.717) is 30.1 Å². The van der Waals surface area contributed by atoms with E-state index in [2.05, 4.69) is 30.8 Å². The zero-order chi connectivity index (χ0) is 18.6. The molecule has 4 rings (SSSR count). The number of terminal acetylenes is 1. The summed E-state index contributed by atoms with van der Waals surface area (Å²) < 4.78 is 11.7. The monoisotopic (exact) mass is 383 g/mol.